The summed E-state index contributed by atoms with van der Waals surface area (Å²) in [7, 11) is 1.61. The zero-order valence-electron chi connectivity index (χ0n) is 23.4. The van der Waals surface area contributed by atoms with Gasteiger partial charge in [0.05, 0.1) is 12.7 Å². The number of benzene rings is 3. The molecule has 1 atom stereocenters. The molecule has 8 nitrogen and oxygen atoms in total. The number of ether oxygens (including phenoxy) is 2. The van der Waals surface area contributed by atoms with Gasteiger partial charge in [-0.2, -0.15) is 4.98 Å². The second kappa shape index (κ2) is 12.8. The highest BCUT2D eigenvalue weighted by atomic mass is 79.9. The normalized spacial score (nSPS) is 14.3. The number of carbonyl (C=O) groups is 1. The number of nitrogens with zero attached hydrogens (tertiary/aromatic N) is 3. The standard InChI is InChI=1S/C31H32BrN5O3S/c1-5-15-41-31-35-30-33-20(3)27(29(38)34-24-12-7-6-9-19(24)2)28(37(30)36-31)22-13-14-25(26(17-22)39-4)40-18-21-10-8-11-23(32)16-21/h6-14,16-17,28H,5,15,18H2,1-4H3,(H,34,38)(H,33,35,36). The summed E-state index contributed by atoms with van der Waals surface area (Å²) in [6.07, 6.45) is 1.01. The maximum Gasteiger partial charge on any atom is 0.255 e. The van der Waals surface area contributed by atoms with Crippen LogP contribution in [0.2, 0.25) is 0 Å². The molecule has 0 saturated carbocycles. The third kappa shape index (κ3) is 6.44. The van der Waals surface area contributed by atoms with Gasteiger partial charge in [-0.05, 0) is 67.3 Å². The molecule has 212 valence electrons. The number of nitrogens with one attached hydrogen (secondary N) is 2. The predicted octanol–water partition coefficient (Wildman–Crippen LogP) is 7.37. The Labute approximate surface area is 252 Å². The van der Waals surface area contributed by atoms with E-state index in [1.54, 1.807) is 23.6 Å². The molecule has 0 saturated heterocycles. The van der Waals surface area contributed by atoms with Crippen LogP contribution in [0.15, 0.2) is 87.6 Å². The van der Waals surface area contributed by atoms with Crippen molar-refractivity contribution in [3.05, 3.63) is 99.2 Å². The van der Waals surface area contributed by atoms with Crippen LogP contribution >= 0.6 is 27.7 Å². The summed E-state index contributed by atoms with van der Waals surface area (Å²) in [5.74, 6) is 2.45. The molecule has 1 aliphatic heterocycles. The van der Waals surface area contributed by atoms with E-state index in [1.807, 2.05) is 80.6 Å². The molecule has 5 rings (SSSR count). The van der Waals surface area contributed by atoms with Crippen LogP contribution in [0, 0.1) is 6.92 Å². The van der Waals surface area contributed by atoms with Gasteiger partial charge in [0.2, 0.25) is 11.1 Å². The summed E-state index contributed by atoms with van der Waals surface area (Å²) in [6, 6.07) is 20.9. The Morgan fingerprint density at radius 3 is 2.68 bits per heavy atom. The first-order valence-corrected chi connectivity index (χ1v) is 15.1. The molecule has 0 radical (unpaired) electrons. The first-order valence-electron chi connectivity index (χ1n) is 13.4. The predicted molar refractivity (Wildman–Crippen MR) is 167 cm³/mol. The van der Waals surface area contributed by atoms with Crippen molar-refractivity contribution in [3.8, 4) is 11.5 Å². The van der Waals surface area contributed by atoms with E-state index in [1.165, 1.54) is 0 Å². The average Bonchev–Trinajstić information content (AvgIpc) is 3.37. The van der Waals surface area contributed by atoms with Gasteiger partial charge in [0.25, 0.3) is 5.91 Å². The number of thioether (sulfide) groups is 1. The number of methoxy groups -OCH3 is 1. The lowest BCUT2D eigenvalue weighted by molar-refractivity contribution is -0.113. The molecule has 0 spiro atoms. The lowest BCUT2D eigenvalue weighted by Crippen LogP contribution is -2.31. The lowest BCUT2D eigenvalue weighted by Gasteiger charge is -2.29. The maximum atomic E-state index is 13.9. The Kier molecular flexibility index (Phi) is 8.99. The van der Waals surface area contributed by atoms with Crippen LogP contribution in [-0.4, -0.2) is 33.5 Å². The molecule has 1 unspecified atom stereocenters. The Morgan fingerprint density at radius 1 is 1.10 bits per heavy atom. The number of fused-ring (bicyclic) bond motifs is 1. The summed E-state index contributed by atoms with van der Waals surface area (Å²) in [4.78, 5) is 18.6. The fourth-order valence-electron chi connectivity index (χ4n) is 4.65. The molecule has 3 aromatic carbocycles. The molecule has 1 aliphatic rings. The first-order chi connectivity index (χ1) is 19.9. The SMILES string of the molecule is CCCSc1nc2n(n1)C(c1ccc(OCc3cccc(Br)c3)c(OC)c1)C(C(=O)Nc1ccccc1C)=C(C)N2. The van der Waals surface area contributed by atoms with Crippen LogP contribution < -0.4 is 20.1 Å². The Morgan fingerprint density at radius 2 is 1.93 bits per heavy atom. The van der Waals surface area contributed by atoms with Gasteiger partial charge >= 0.3 is 0 Å². The smallest absolute Gasteiger partial charge is 0.255 e. The summed E-state index contributed by atoms with van der Waals surface area (Å²) >= 11 is 5.10. The third-order valence-electron chi connectivity index (χ3n) is 6.69. The van der Waals surface area contributed by atoms with E-state index < -0.39 is 6.04 Å². The third-order valence-corrected chi connectivity index (χ3v) is 8.23. The molecule has 0 bridgehead atoms. The van der Waals surface area contributed by atoms with Gasteiger partial charge in [-0.3, -0.25) is 4.79 Å². The van der Waals surface area contributed by atoms with Crippen molar-refractivity contribution < 1.29 is 14.3 Å². The number of amides is 1. The van der Waals surface area contributed by atoms with Crippen LogP contribution in [0.5, 0.6) is 11.5 Å². The number of anilines is 2. The molecular formula is C31H32BrN5O3S. The number of allylic oxidation sites excluding steroid dienone is 1. The van der Waals surface area contributed by atoms with Gasteiger partial charge in [-0.25, -0.2) is 4.68 Å². The fraction of sp³-hybridized carbons (Fsp3) is 0.258. The Bertz CT molecular complexity index is 1600. The number of aryl methyl sites for hydroxylation is 1. The number of para-hydroxylation sites is 1. The molecule has 0 fully saturated rings. The van der Waals surface area contributed by atoms with Crippen molar-refractivity contribution in [3.63, 3.8) is 0 Å². The summed E-state index contributed by atoms with van der Waals surface area (Å²) in [5, 5.41) is 11.9. The van der Waals surface area contributed by atoms with E-state index in [9.17, 15) is 4.79 Å². The van der Waals surface area contributed by atoms with Crippen LogP contribution in [0.1, 0.15) is 43.0 Å². The second-order valence-corrected chi connectivity index (χ2v) is 11.7. The molecule has 10 heteroatoms. The average molecular weight is 635 g/mol. The molecule has 1 aromatic heterocycles. The molecule has 0 aliphatic carbocycles. The molecular weight excluding hydrogens is 602 g/mol. The van der Waals surface area contributed by atoms with Crippen molar-refractivity contribution >= 4 is 45.2 Å². The van der Waals surface area contributed by atoms with Crippen LogP contribution in [0.25, 0.3) is 0 Å². The van der Waals surface area contributed by atoms with Crippen molar-refractivity contribution in [2.75, 3.05) is 23.5 Å². The zero-order valence-corrected chi connectivity index (χ0v) is 25.8. The van der Waals surface area contributed by atoms with Gasteiger partial charge < -0.3 is 20.1 Å². The summed E-state index contributed by atoms with van der Waals surface area (Å²) in [6.45, 7) is 6.37. The molecule has 4 aromatic rings. The zero-order chi connectivity index (χ0) is 28.9. The summed E-state index contributed by atoms with van der Waals surface area (Å²) in [5.41, 5.74) is 4.85. The van der Waals surface area contributed by atoms with Crippen molar-refractivity contribution in [1.29, 1.82) is 0 Å². The van der Waals surface area contributed by atoms with E-state index in [2.05, 4.69) is 33.5 Å². The number of aromatic nitrogens is 3. The van der Waals surface area contributed by atoms with E-state index in [0.29, 0.717) is 40.5 Å². The van der Waals surface area contributed by atoms with Crippen LogP contribution in [-0.2, 0) is 11.4 Å². The number of carbonyl (C=O) groups excluding carboxylic acids is 1. The minimum Gasteiger partial charge on any atom is -0.493 e. The van der Waals surface area contributed by atoms with E-state index in [0.717, 1.165) is 39.0 Å². The molecule has 41 heavy (non-hydrogen) atoms. The van der Waals surface area contributed by atoms with Gasteiger partial charge in [-0.1, -0.05) is 71.0 Å². The monoisotopic (exact) mass is 633 g/mol. The maximum absolute atomic E-state index is 13.9. The number of hydrogen-bond donors (Lipinski definition) is 2. The number of hydrogen-bond acceptors (Lipinski definition) is 7. The van der Waals surface area contributed by atoms with Crippen molar-refractivity contribution in [2.45, 2.75) is 45.0 Å². The Hall–Kier alpha value is -3.76. The van der Waals surface area contributed by atoms with Crippen LogP contribution in [0.4, 0.5) is 11.6 Å². The van der Waals surface area contributed by atoms with Gasteiger partial charge in [0.1, 0.15) is 12.6 Å². The Balaban J connectivity index is 1.52. The van der Waals surface area contributed by atoms with E-state index >= 15 is 0 Å². The van der Waals surface area contributed by atoms with Crippen LogP contribution in [0.3, 0.4) is 0 Å². The van der Waals surface area contributed by atoms with Gasteiger partial charge in [0, 0.05) is 21.6 Å². The molecule has 1 amide bonds. The van der Waals surface area contributed by atoms with E-state index in [-0.39, 0.29) is 5.91 Å². The topological polar surface area (TPSA) is 90.3 Å². The highest BCUT2D eigenvalue weighted by Gasteiger charge is 2.35. The molecule has 2 heterocycles. The fourth-order valence-corrected chi connectivity index (χ4v) is 5.78. The quantitative estimate of drug-likeness (QED) is 0.176. The van der Waals surface area contributed by atoms with Gasteiger partial charge in [0.15, 0.2) is 11.5 Å². The largest absolute Gasteiger partial charge is 0.493 e. The minimum atomic E-state index is -0.535. The van der Waals surface area contributed by atoms with Crippen molar-refractivity contribution in [1.82, 2.24) is 14.8 Å². The van der Waals surface area contributed by atoms with Gasteiger partial charge in [-0.15, -0.1) is 5.10 Å². The lowest BCUT2D eigenvalue weighted by atomic mass is 9.94. The van der Waals surface area contributed by atoms with E-state index in [4.69, 9.17) is 19.6 Å². The second-order valence-electron chi connectivity index (χ2n) is 9.68. The van der Waals surface area contributed by atoms with Crippen molar-refractivity contribution in [2.24, 2.45) is 0 Å². The first kappa shape index (κ1) is 28.8. The number of halogens is 1. The number of rotatable bonds is 10. The summed E-state index contributed by atoms with van der Waals surface area (Å²) < 4.78 is 14.7. The molecule has 2 N–H and O–H groups in total. The highest BCUT2D eigenvalue weighted by Crippen LogP contribution is 2.40. The highest BCUT2D eigenvalue weighted by molar-refractivity contribution is 9.10. The minimum absolute atomic E-state index is 0.216.